The molecule has 6 heteroatoms. The zero-order chi connectivity index (χ0) is 22.2. The maximum absolute atomic E-state index is 14.3. The molecule has 0 aliphatic rings. The SMILES string of the molecule is CC(C)(CC(C)(Cn1ccc(=O)c2ccccc21)C(F)(F)F)c1cccc(C#N)c1. The van der Waals surface area contributed by atoms with Crippen molar-refractivity contribution < 1.29 is 13.2 Å². The first-order chi connectivity index (χ1) is 14.0. The Morgan fingerprint density at radius 3 is 2.37 bits per heavy atom. The molecule has 0 spiro atoms. The van der Waals surface area contributed by atoms with Crippen molar-refractivity contribution in [3.8, 4) is 6.07 Å². The van der Waals surface area contributed by atoms with Gasteiger partial charge in [-0.25, -0.2) is 0 Å². The van der Waals surface area contributed by atoms with Crippen molar-refractivity contribution in [2.45, 2.75) is 45.3 Å². The Balaban J connectivity index is 2.05. The summed E-state index contributed by atoms with van der Waals surface area (Å²) in [5.41, 5.74) is -1.53. The van der Waals surface area contributed by atoms with E-state index in [2.05, 4.69) is 0 Å². The molecule has 0 aliphatic heterocycles. The van der Waals surface area contributed by atoms with Crippen LogP contribution < -0.4 is 5.43 Å². The fourth-order valence-electron chi connectivity index (χ4n) is 4.11. The minimum atomic E-state index is -4.47. The lowest BCUT2D eigenvalue weighted by Crippen LogP contribution is -2.43. The minimum Gasteiger partial charge on any atom is -0.346 e. The Morgan fingerprint density at radius 1 is 1.00 bits per heavy atom. The first kappa shape index (κ1) is 21.6. The lowest BCUT2D eigenvalue weighted by atomic mass is 9.69. The van der Waals surface area contributed by atoms with Crippen LogP contribution >= 0.6 is 0 Å². The van der Waals surface area contributed by atoms with Crippen molar-refractivity contribution in [3.05, 3.63) is 82.1 Å². The molecule has 0 bridgehead atoms. The molecule has 3 aromatic rings. The molecule has 0 saturated carbocycles. The number of fused-ring (bicyclic) bond motifs is 1. The largest absolute Gasteiger partial charge is 0.395 e. The van der Waals surface area contributed by atoms with Crippen LogP contribution in [0.5, 0.6) is 0 Å². The maximum atomic E-state index is 14.3. The molecule has 1 unspecified atom stereocenters. The predicted octanol–water partition coefficient (Wildman–Crippen LogP) is 5.81. The third kappa shape index (κ3) is 4.11. The van der Waals surface area contributed by atoms with Gasteiger partial charge in [0.05, 0.1) is 22.6 Å². The average molecular weight is 412 g/mol. The number of hydrogen-bond acceptors (Lipinski definition) is 2. The highest BCUT2D eigenvalue weighted by molar-refractivity contribution is 5.78. The monoisotopic (exact) mass is 412 g/mol. The number of nitriles is 1. The normalized spacial score (nSPS) is 14.3. The number of rotatable bonds is 5. The highest BCUT2D eigenvalue weighted by Crippen LogP contribution is 2.48. The van der Waals surface area contributed by atoms with E-state index in [1.165, 1.54) is 23.8 Å². The Hall–Kier alpha value is -3.07. The highest BCUT2D eigenvalue weighted by atomic mass is 19.4. The van der Waals surface area contributed by atoms with Crippen LogP contribution in [0.3, 0.4) is 0 Å². The van der Waals surface area contributed by atoms with Gasteiger partial charge in [0.25, 0.3) is 0 Å². The highest BCUT2D eigenvalue weighted by Gasteiger charge is 2.53. The predicted molar refractivity (Wildman–Crippen MR) is 111 cm³/mol. The molecule has 1 atom stereocenters. The summed E-state index contributed by atoms with van der Waals surface area (Å²) < 4.78 is 44.5. The van der Waals surface area contributed by atoms with Crippen molar-refractivity contribution in [2.75, 3.05) is 0 Å². The quantitative estimate of drug-likeness (QED) is 0.531. The third-order valence-electron chi connectivity index (χ3n) is 5.69. The van der Waals surface area contributed by atoms with Crippen molar-refractivity contribution >= 4 is 10.9 Å². The smallest absolute Gasteiger partial charge is 0.346 e. The summed E-state index contributed by atoms with van der Waals surface area (Å²) in [7, 11) is 0. The molecule has 3 nitrogen and oxygen atoms in total. The number of hydrogen-bond donors (Lipinski definition) is 0. The summed E-state index contributed by atoms with van der Waals surface area (Å²) in [5, 5.41) is 9.54. The number of para-hydroxylation sites is 1. The van der Waals surface area contributed by atoms with Gasteiger partial charge >= 0.3 is 6.18 Å². The Morgan fingerprint density at radius 2 is 1.70 bits per heavy atom. The lowest BCUT2D eigenvalue weighted by molar-refractivity contribution is -0.229. The van der Waals surface area contributed by atoms with E-state index >= 15 is 0 Å². The van der Waals surface area contributed by atoms with Crippen molar-refractivity contribution in [3.63, 3.8) is 0 Å². The van der Waals surface area contributed by atoms with E-state index in [1.807, 2.05) is 6.07 Å². The third-order valence-corrected chi connectivity index (χ3v) is 5.69. The molecule has 0 aliphatic carbocycles. The standard InChI is InChI=1S/C24H23F3N2O/c1-22(2,18-8-6-7-17(13-18)14-28)15-23(3,24(25,26)27)16-29-12-11-21(30)19-9-4-5-10-20(19)29/h4-13H,15-16H2,1-3H3. The molecule has 156 valence electrons. The molecule has 30 heavy (non-hydrogen) atoms. The first-order valence-electron chi connectivity index (χ1n) is 9.62. The van der Waals surface area contributed by atoms with Crippen LogP contribution in [0.1, 0.15) is 38.3 Å². The fraction of sp³-hybridized carbons (Fsp3) is 0.333. The van der Waals surface area contributed by atoms with E-state index in [4.69, 9.17) is 5.26 Å². The Bertz CT molecular complexity index is 1170. The summed E-state index contributed by atoms with van der Waals surface area (Å²) in [4.78, 5) is 12.1. The van der Waals surface area contributed by atoms with Gasteiger partial charge in [-0.15, -0.1) is 0 Å². The van der Waals surface area contributed by atoms with Gasteiger partial charge in [0, 0.05) is 24.2 Å². The molecule has 2 aromatic carbocycles. The van der Waals surface area contributed by atoms with Gasteiger partial charge in [-0.3, -0.25) is 4.79 Å². The van der Waals surface area contributed by atoms with Gasteiger partial charge in [-0.1, -0.05) is 38.1 Å². The van der Waals surface area contributed by atoms with Gasteiger partial charge in [0.2, 0.25) is 0 Å². The minimum absolute atomic E-state index is 0.182. The second kappa shape index (κ2) is 7.64. The van der Waals surface area contributed by atoms with E-state index in [9.17, 15) is 18.0 Å². The van der Waals surface area contributed by atoms with E-state index in [0.29, 0.717) is 22.0 Å². The van der Waals surface area contributed by atoms with Crippen LogP contribution in [0.15, 0.2) is 65.6 Å². The zero-order valence-electron chi connectivity index (χ0n) is 17.1. The van der Waals surface area contributed by atoms with E-state index < -0.39 is 17.0 Å². The zero-order valence-corrected chi connectivity index (χ0v) is 17.1. The first-order valence-corrected chi connectivity index (χ1v) is 9.62. The van der Waals surface area contributed by atoms with Crippen molar-refractivity contribution in [1.29, 1.82) is 5.26 Å². The van der Waals surface area contributed by atoms with Gasteiger partial charge < -0.3 is 4.57 Å². The second-order valence-electron chi connectivity index (χ2n) is 8.64. The molecule has 0 amide bonds. The van der Waals surface area contributed by atoms with Crippen LogP contribution in [0.4, 0.5) is 13.2 Å². The second-order valence-corrected chi connectivity index (χ2v) is 8.64. The molecular formula is C24H23F3N2O. The van der Waals surface area contributed by atoms with Crippen LogP contribution in [0.25, 0.3) is 10.9 Å². The average Bonchev–Trinajstić information content (AvgIpc) is 2.69. The van der Waals surface area contributed by atoms with Crippen LogP contribution in [-0.2, 0) is 12.0 Å². The number of halogens is 3. The van der Waals surface area contributed by atoms with E-state index in [-0.39, 0.29) is 18.4 Å². The van der Waals surface area contributed by atoms with E-state index in [0.717, 1.165) is 0 Å². The number of alkyl halides is 3. The lowest BCUT2D eigenvalue weighted by Gasteiger charge is -2.40. The topological polar surface area (TPSA) is 45.8 Å². The Kier molecular flexibility index (Phi) is 5.51. The molecule has 1 heterocycles. The van der Waals surface area contributed by atoms with Crippen LogP contribution in [0, 0.1) is 16.7 Å². The molecule has 0 fully saturated rings. The fourth-order valence-corrected chi connectivity index (χ4v) is 4.11. The maximum Gasteiger partial charge on any atom is 0.395 e. The summed E-state index contributed by atoms with van der Waals surface area (Å²) >= 11 is 0. The van der Waals surface area contributed by atoms with Crippen LogP contribution in [0.2, 0.25) is 0 Å². The van der Waals surface area contributed by atoms with Crippen molar-refractivity contribution in [1.82, 2.24) is 4.57 Å². The number of aromatic nitrogens is 1. The number of nitrogens with zero attached hydrogens (tertiary/aromatic N) is 2. The molecule has 0 radical (unpaired) electrons. The summed E-state index contributed by atoms with van der Waals surface area (Å²) in [6, 6.07) is 16.8. The molecule has 3 rings (SSSR count). The van der Waals surface area contributed by atoms with Gasteiger partial charge in [-0.2, -0.15) is 18.4 Å². The number of pyridine rings is 1. The summed E-state index contributed by atoms with van der Waals surface area (Å²) in [5.74, 6) is 0. The summed E-state index contributed by atoms with van der Waals surface area (Å²) in [6.07, 6.45) is -3.22. The summed E-state index contributed by atoms with van der Waals surface area (Å²) in [6.45, 7) is 4.42. The van der Waals surface area contributed by atoms with Gasteiger partial charge in [-0.05, 0) is 48.6 Å². The van der Waals surface area contributed by atoms with Gasteiger partial charge in [0.15, 0.2) is 5.43 Å². The number of benzene rings is 2. The molecule has 0 saturated heterocycles. The molecule has 1 aromatic heterocycles. The Labute approximate surface area is 173 Å². The van der Waals surface area contributed by atoms with Gasteiger partial charge in [0.1, 0.15) is 0 Å². The van der Waals surface area contributed by atoms with Crippen molar-refractivity contribution in [2.24, 2.45) is 5.41 Å². The molecule has 0 N–H and O–H groups in total. The molecular weight excluding hydrogens is 389 g/mol. The van der Waals surface area contributed by atoms with E-state index in [1.54, 1.807) is 62.4 Å². The van der Waals surface area contributed by atoms with Crippen LogP contribution in [-0.4, -0.2) is 10.7 Å².